The van der Waals surface area contributed by atoms with Crippen LogP contribution >= 0.6 is 36.0 Å². The predicted molar refractivity (Wildman–Crippen MR) is 164 cm³/mol. The van der Waals surface area contributed by atoms with Gasteiger partial charge in [0.1, 0.15) is 10.6 Å². The van der Waals surface area contributed by atoms with Gasteiger partial charge < -0.3 is 10.4 Å². The lowest BCUT2D eigenvalue weighted by molar-refractivity contribution is -0.434. The Morgan fingerprint density at radius 2 is 1.67 bits per heavy atom. The standard InChI is InChI=1S/C22H17ClN8O13S4/c23-20-27-21(25-10-24)29-22(28-20)26-15-6-5-13-14(19(15)48(37,38)39)9-16(45-43-41-33)17(18(13)32)31-30-11-1-3-12(4-2-11)47(35,36)8-7-40-46-44-42-34/h1-6,9,32-34H,7-8H2,(H,37,38,39)(H2,25,26,27,28,29)/b31-30+. The predicted octanol–water partition coefficient (Wildman–Crippen LogP) is 4.89. The summed E-state index contributed by atoms with van der Waals surface area (Å²) in [6.07, 6.45) is 1.58. The first-order valence-electron chi connectivity index (χ1n) is 12.2. The average Bonchev–Trinajstić information content (AvgIpc) is 3.02. The molecule has 6 N–H and O–H groups in total. The average molecular weight is 765 g/mol. The number of halogens is 1. The fourth-order valence-electron chi connectivity index (χ4n) is 3.77. The van der Waals surface area contributed by atoms with E-state index in [1.54, 1.807) is 6.19 Å². The van der Waals surface area contributed by atoms with Crippen molar-refractivity contribution < 1.29 is 59.9 Å². The Kier molecular flexibility index (Phi) is 12.6. The minimum atomic E-state index is -5.07. The second-order valence-corrected chi connectivity index (χ2v) is 13.5. The van der Waals surface area contributed by atoms with Crippen molar-refractivity contribution in [1.82, 2.24) is 15.0 Å². The molecular formula is C22H17ClN8O13S4. The van der Waals surface area contributed by atoms with Crippen molar-refractivity contribution in [2.75, 3.05) is 23.0 Å². The molecule has 254 valence electrons. The molecule has 4 aromatic rings. The van der Waals surface area contributed by atoms with Crippen LogP contribution in [0.15, 0.2) is 67.4 Å². The molecule has 0 radical (unpaired) electrons. The number of anilines is 3. The summed E-state index contributed by atoms with van der Waals surface area (Å²) in [5.74, 6) is -1.71. The summed E-state index contributed by atoms with van der Waals surface area (Å²) in [6, 6.07) is 8.57. The zero-order chi connectivity index (χ0) is 34.9. The van der Waals surface area contributed by atoms with Gasteiger partial charge in [-0.25, -0.2) is 18.9 Å². The number of rotatable bonds is 16. The highest BCUT2D eigenvalue weighted by atomic mass is 35.5. The highest BCUT2D eigenvalue weighted by Crippen LogP contribution is 2.47. The van der Waals surface area contributed by atoms with Crippen molar-refractivity contribution in [2.45, 2.75) is 14.7 Å². The topological polar surface area (TPSA) is 307 Å². The minimum Gasteiger partial charge on any atom is -0.505 e. The Balaban J connectivity index is 1.72. The number of nitriles is 1. The molecule has 0 unspecified atom stereocenters. The molecule has 0 saturated carbocycles. The maximum absolute atomic E-state index is 12.6. The van der Waals surface area contributed by atoms with E-state index < -0.39 is 36.4 Å². The molecule has 0 amide bonds. The third kappa shape index (κ3) is 9.32. The largest absolute Gasteiger partial charge is 0.505 e. The molecule has 3 aromatic carbocycles. The lowest BCUT2D eigenvalue weighted by Gasteiger charge is -2.15. The lowest BCUT2D eigenvalue weighted by Crippen LogP contribution is -2.10. The Labute approximate surface area is 282 Å². The normalized spacial score (nSPS) is 12.0. The third-order valence-corrected chi connectivity index (χ3v) is 9.44. The van der Waals surface area contributed by atoms with Crippen molar-refractivity contribution in [3.05, 3.63) is 47.7 Å². The van der Waals surface area contributed by atoms with E-state index in [2.05, 4.69) is 54.6 Å². The van der Waals surface area contributed by atoms with Gasteiger partial charge in [-0.3, -0.25) is 14.1 Å². The molecule has 21 nitrogen and oxygen atoms in total. The highest BCUT2D eigenvalue weighted by molar-refractivity contribution is 7.94. The first-order valence-corrected chi connectivity index (χ1v) is 17.1. The number of aromatic hydroxyl groups is 1. The fraction of sp³-hybridized carbons (Fsp3) is 0.0909. The van der Waals surface area contributed by atoms with Crippen molar-refractivity contribution >= 4 is 95.7 Å². The molecule has 0 bridgehead atoms. The summed E-state index contributed by atoms with van der Waals surface area (Å²) in [7, 11) is -8.87. The van der Waals surface area contributed by atoms with Crippen LogP contribution in [0.3, 0.4) is 0 Å². The maximum atomic E-state index is 12.6. The number of sulfone groups is 1. The van der Waals surface area contributed by atoms with E-state index in [4.69, 9.17) is 31.6 Å². The number of fused-ring (bicyclic) bond motifs is 1. The summed E-state index contributed by atoms with van der Waals surface area (Å²) in [4.78, 5) is 10.3. The quantitative estimate of drug-likeness (QED) is 0.0129. The van der Waals surface area contributed by atoms with Crippen LogP contribution in [0.4, 0.5) is 29.0 Å². The van der Waals surface area contributed by atoms with Crippen LogP contribution in [0.5, 0.6) is 5.75 Å². The number of hydrogen-bond acceptors (Lipinski definition) is 22. The maximum Gasteiger partial charge on any atom is 0.297 e. The van der Waals surface area contributed by atoms with E-state index in [1.807, 2.05) is 0 Å². The summed E-state index contributed by atoms with van der Waals surface area (Å²) in [5.41, 5.74) is -0.501. The van der Waals surface area contributed by atoms with Crippen LogP contribution in [0, 0.1) is 11.5 Å². The second-order valence-electron chi connectivity index (χ2n) is 8.47. The van der Waals surface area contributed by atoms with Crippen LogP contribution in [-0.2, 0) is 42.9 Å². The SMILES string of the molecule is N#CNc1nc(Cl)nc(Nc2ccc3c(O)c(/N=N/c4ccc(S(=O)(=O)CCOSOOO)cc4)c(SOOO)cc3c2S(=O)(=O)O)n1. The van der Waals surface area contributed by atoms with Gasteiger partial charge in [-0.2, -0.15) is 33.7 Å². The van der Waals surface area contributed by atoms with Crippen molar-refractivity contribution in [3.8, 4) is 11.9 Å². The van der Waals surface area contributed by atoms with Crippen LogP contribution < -0.4 is 10.6 Å². The molecule has 0 aliphatic rings. The lowest BCUT2D eigenvalue weighted by atomic mass is 10.1. The van der Waals surface area contributed by atoms with Gasteiger partial charge in [-0.15, -0.1) is 13.8 Å². The monoisotopic (exact) mass is 764 g/mol. The fourth-order valence-corrected chi connectivity index (χ4v) is 6.67. The van der Waals surface area contributed by atoms with Gasteiger partial charge in [-0.05, 0) is 54.1 Å². The summed E-state index contributed by atoms with van der Waals surface area (Å²) >= 11 is 6.35. The first-order chi connectivity index (χ1) is 22.9. The number of nitrogens with zero attached hydrogens (tertiary/aromatic N) is 6. The molecule has 0 atom stereocenters. The minimum absolute atomic E-state index is 0.0909. The van der Waals surface area contributed by atoms with Gasteiger partial charge in [-0.1, -0.05) is 10.1 Å². The Hall–Kier alpha value is -4.01. The zero-order valence-electron chi connectivity index (χ0n) is 23.1. The van der Waals surface area contributed by atoms with E-state index in [-0.39, 0.29) is 85.8 Å². The van der Waals surface area contributed by atoms with Crippen LogP contribution in [0.25, 0.3) is 10.8 Å². The number of nitrogens with one attached hydrogen (secondary N) is 2. The van der Waals surface area contributed by atoms with Crippen molar-refractivity contribution in [2.24, 2.45) is 10.2 Å². The Morgan fingerprint density at radius 3 is 2.33 bits per heavy atom. The Bertz CT molecular complexity index is 2090. The van der Waals surface area contributed by atoms with Gasteiger partial charge in [0.2, 0.25) is 17.2 Å². The number of phenols is 1. The van der Waals surface area contributed by atoms with Crippen LogP contribution in [0.1, 0.15) is 0 Å². The molecule has 0 saturated heterocycles. The molecule has 0 aliphatic carbocycles. The summed E-state index contributed by atoms with van der Waals surface area (Å²) < 4.78 is 73.6. The molecular weight excluding hydrogens is 748 g/mol. The molecule has 48 heavy (non-hydrogen) atoms. The Morgan fingerprint density at radius 1 is 0.958 bits per heavy atom. The molecule has 1 aromatic heterocycles. The van der Waals surface area contributed by atoms with Gasteiger partial charge in [0, 0.05) is 10.8 Å². The van der Waals surface area contributed by atoms with Crippen LogP contribution in [-0.4, -0.2) is 64.3 Å². The van der Waals surface area contributed by atoms with Gasteiger partial charge in [0.05, 0.1) is 45.6 Å². The molecule has 26 heteroatoms. The number of phenolic OH excluding ortho intramolecular Hbond substituents is 1. The van der Waals surface area contributed by atoms with Crippen molar-refractivity contribution in [1.29, 1.82) is 5.26 Å². The van der Waals surface area contributed by atoms with E-state index >= 15 is 0 Å². The first kappa shape index (κ1) is 36.8. The second kappa shape index (κ2) is 16.4. The summed E-state index contributed by atoms with van der Waals surface area (Å²) in [5, 5.41) is 55.5. The van der Waals surface area contributed by atoms with E-state index in [9.17, 15) is 26.5 Å². The number of aromatic nitrogens is 3. The summed E-state index contributed by atoms with van der Waals surface area (Å²) in [6.45, 7) is -0.303. The van der Waals surface area contributed by atoms with Gasteiger partial charge in [0.25, 0.3) is 10.1 Å². The van der Waals surface area contributed by atoms with E-state index in [0.717, 1.165) is 12.1 Å². The molecule has 0 aliphatic heterocycles. The van der Waals surface area contributed by atoms with E-state index in [0.29, 0.717) is 0 Å². The number of azo groups is 1. The zero-order valence-corrected chi connectivity index (χ0v) is 27.1. The highest BCUT2D eigenvalue weighted by Gasteiger charge is 2.25. The number of hydrogen-bond donors (Lipinski definition) is 6. The molecule has 4 rings (SSSR count). The third-order valence-electron chi connectivity index (χ3n) is 5.62. The smallest absolute Gasteiger partial charge is 0.297 e. The van der Waals surface area contributed by atoms with Gasteiger partial charge >= 0.3 is 0 Å². The molecule has 0 spiro atoms. The van der Waals surface area contributed by atoms with Gasteiger partial charge in [0.15, 0.2) is 34.1 Å². The van der Waals surface area contributed by atoms with Crippen LogP contribution in [0.2, 0.25) is 5.28 Å². The molecule has 1 heterocycles. The van der Waals surface area contributed by atoms with E-state index in [1.165, 1.54) is 30.3 Å². The number of benzene rings is 3. The molecule has 0 fully saturated rings. The van der Waals surface area contributed by atoms with Crippen molar-refractivity contribution in [3.63, 3.8) is 0 Å².